The molecule has 2 aromatic carbocycles. The average molecular weight is 379 g/mol. The standard InChI is InChI=1S/C14H10Cl3NO3S/c15-10-6-12(17)13(7-11(10)16)18-14(19)8-22(20,21)9-4-2-1-3-5-9/h1-7H,8H2,(H,18,19). The van der Waals surface area contributed by atoms with Gasteiger partial charge in [0, 0.05) is 0 Å². The van der Waals surface area contributed by atoms with Crippen LogP contribution in [0.4, 0.5) is 5.69 Å². The molecule has 1 amide bonds. The summed E-state index contributed by atoms with van der Waals surface area (Å²) >= 11 is 17.5. The summed E-state index contributed by atoms with van der Waals surface area (Å²) in [5.74, 6) is -1.42. The molecule has 2 rings (SSSR count). The van der Waals surface area contributed by atoms with Crippen molar-refractivity contribution < 1.29 is 13.2 Å². The Balaban J connectivity index is 2.16. The topological polar surface area (TPSA) is 63.2 Å². The van der Waals surface area contributed by atoms with Gasteiger partial charge in [-0.05, 0) is 24.3 Å². The molecule has 0 bridgehead atoms. The Morgan fingerprint density at radius 2 is 1.55 bits per heavy atom. The Kier molecular flexibility index (Phi) is 5.34. The molecule has 116 valence electrons. The molecule has 0 radical (unpaired) electrons. The van der Waals surface area contributed by atoms with Gasteiger partial charge in [-0.3, -0.25) is 4.79 Å². The van der Waals surface area contributed by atoms with E-state index in [4.69, 9.17) is 34.8 Å². The third-order valence-corrected chi connectivity index (χ3v) is 5.37. The van der Waals surface area contributed by atoms with Gasteiger partial charge in [0.25, 0.3) is 0 Å². The lowest BCUT2D eigenvalue weighted by molar-refractivity contribution is -0.113. The van der Waals surface area contributed by atoms with Crippen molar-refractivity contribution in [3.05, 3.63) is 57.5 Å². The number of hydrogen-bond acceptors (Lipinski definition) is 3. The van der Waals surface area contributed by atoms with Gasteiger partial charge in [-0.1, -0.05) is 53.0 Å². The predicted octanol–water partition coefficient (Wildman–Crippen LogP) is 4.06. The zero-order valence-corrected chi connectivity index (χ0v) is 14.1. The van der Waals surface area contributed by atoms with E-state index in [0.29, 0.717) is 0 Å². The van der Waals surface area contributed by atoms with E-state index in [-0.39, 0.29) is 25.7 Å². The number of halogens is 3. The molecule has 2 aromatic rings. The summed E-state index contributed by atoms with van der Waals surface area (Å²) in [6.45, 7) is 0. The first-order chi connectivity index (χ1) is 10.3. The third kappa shape index (κ3) is 4.14. The lowest BCUT2D eigenvalue weighted by Gasteiger charge is -2.09. The minimum Gasteiger partial charge on any atom is -0.324 e. The molecular weight excluding hydrogens is 369 g/mol. The quantitative estimate of drug-likeness (QED) is 0.816. The lowest BCUT2D eigenvalue weighted by Crippen LogP contribution is -2.23. The van der Waals surface area contributed by atoms with Crippen molar-refractivity contribution in [2.45, 2.75) is 4.90 Å². The number of anilines is 1. The van der Waals surface area contributed by atoms with E-state index >= 15 is 0 Å². The Hall–Kier alpha value is -1.27. The molecule has 8 heteroatoms. The Bertz CT molecular complexity index is 808. The normalized spacial score (nSPS) is 11.2. The van der Waals surface area contributed by atoms with Crippen molar-refractivity contribution in [2.24, 2.45) is 0 Å². The van der Waals surface area contributed by atoms with Crippen molar-refractivity contribution in [1.82, 2.24) is 0 Å². The van der Waals surface area contributed by atoms with E-state index in [0.717, 1.165) is 0 Å². The minimum absolute atomic E-state index is 0.0744. The zero-order chi connectivity index (χ0) is 16.3. The van der Waals surface area contributed by atoms with Gasteiger partial charge in [-0.15, -0.1) is 0 Å². The highest BCUT2D eigenvalue weighted by atomic mass is 35.5. The van der Waals surface area contributed by atoms with Gasteiger partial charge in [0.1, 0.15) is 5.75 Å². The molecule has 4 nitrogen and oxygen atoms in total. The second-order valence-electron chi connectivity index (χ2n) is 4.37. The van der Waals surface area contributed by atoms with E-state index in [1.165, 1.54) is 24.3 Å². The van der Waals surface area contributed by atoms with Crippen molar-refractivity contribution in [3.63, 3.8) is 0 Å². The van der Waals surface area contributed by atoms with Gasteiger partial charge in [-0.25, -0.2) is 8.42 Å². The highest BCUT2D eigenvalue weighted by molar-refractivity contribution is 7.92. The van der Waals surface area contributed by atoms with Crippen LogP contribution < -0.4 is 5.32 Å². The van der Waals surface area contributed by atoms with Gasteiger partial charge < -0.3 is 5.32 Å². The van der Waals surface area contributed by atoms with Crippen LogP contribution in [0.1, 0.15) is 0 Å². The van der Waals surface area contributed by atoms with Crippen LogP contribution in [-0.2, 0) is 14.6 Å². The van der Waals surface area contributed by atoms with Crippen LogP contribution in [0.2, 0.25) is 15.1 Å². The zero-order valence-electron chi connectivity index (χ0n) is 11.0. The summed E-state index contributed by atoms with van der Waals surface area (Å²) in [6.07, 6.45) is 0. The monoisotopic (exact) mass is 377 g/mol. The van der Waals surface area contributed by atoms with Gasteiger partial charge in [0.05, 0.1) is 25.7 Å². The molecule has 0 aliphatic rings. The van der Waals surface area contributed by atoms with Crippen molar-refractivity contribution in [2.75, 3.05) is 11.1 Å². The Morgan fingerprint density at radius 3 is 2.18 bits per heavy atom. The molecule has 0 saturated carbocycles. The molecule has 0 saturated heterocycles. The molecule has 0 heterocycles. The Labute approximate surface area is 142 Å². The van der Waals surface area contributed by atoms with Gasteiger partial charge >= 0.3 is 0 Å². The molecule has 0 spiro atoms. The summed E-state index contributed by atoms with van der Waals surface area (Å²) in [4.78, 5) is 12.0. The summed E-state index contributed by atoms with van der Waals surface area (Å²) < 4.78 is 24.2. The fraction of sp³-hybridized carbons (Fsp3) is 0.0714. The molecule has 0 aliphatic heterocycles. The summed E-state index contributed by atoms with van der Waals surface area (Å²) in [6, 6.07) is 10.4. The highest BCUT2D eigenvalue weighted by Gasteiger charge is 2.20. The number of carbonyl (C=O) groups excluding carboxylic acids is 1. The molecule has 0 atom stereocenters. The van der Waals surface area contributed by atoms with Crippen LogP contribution in [0, 0.1) is 0 Å². The first-order valence-corrected chi connectivity index (χ1v) is 8.80. The number of carbonyl (C=O) groups is 1. The van der Waals surface area contributed by atoms with E-state index in [1.54, 1.807) is 18.2 Å². The number of amides is 1. The van der Waals surface area contributed by atoms with E-state index in [9.17, 15) is 13.2 Å². The predicted molar refractivity (Wildman–Crippen MR) is 88.6 cm³/mol. The van der Waals surface area contributed by atoms with E-state index < -0.39 is 21.5 Å². The number of rotatable bonds is 4. The Morgan fingerprint density at radius 1 is 0.955 bits per heavy atom. The van der Waals surface area contributed by atoms with Crippen LogP contribution in [0.25, 0.3) is 0 Å². The first-order valence-electron chi connectivity index (χ1n) is 6.02. The van der Waals surface area contributed by atoms with E-state index in [2.05, 4.69) is 5.32 Å². The minimum atomic E-state index is -3.72. The summed E-state index contributed by atoms with van der Waals surface area (Å²) in [5.41, 5.74) is 0.198. The fourth-order valence-corrected chi connectivity index (χ4v) is 3.44. The average Bonchev–Trinajstić information content (AvgIpc) is 2.45. The molecule has 0 fully saturated rings. The van der Waals surface area contributed by atoms with Crippen molar-refractivity contribution >= 4 is 56.2 Å². The van der Waals surface area contributed by atoms with Crippen molar-refractivity contribution in [1.29, 1.82) is 0 Å². The molecule has 0 unspecified atom stereocenters. The number of benzene rings is 2. The maximum Gasteiger partial charge on any atom is 0.240 e. The van der Waals surface area contributed by atoms with Gasteiger partial charge in [-0.2, -0.15) is 0 Å². The van der Waals surface area contributed by atoms with Gasteiger partial charge in [0.2, 0.25) is 5.91 Å². The number of hydrogen-bond donors (Lipinski definition) is 1. The SMILES string of the molecule is O=C(CS(=O)(=O)c1ccccc1)Nc1cc(Cl)c(Cl)cc1Cl. The fourth-order valence-electron chi connectivity index (χ4n) is 1.69. The second kappa shape index (κ2) is 6.87. The van der Waals surface area contributed by atoms with Crippen LogP contribution in [0.3, 0.4) is 0 Å². The maximum atomic E-state index is 12.1. The van der Waals surface area contributed by atoms with Crippen LogP contribution >= 0.6 is 34.8 Å². The van der Waals surface area contributed by atoms with E-state index in [1.807, 2.05) is 0 Å². The molecule has 22 heavy (non-hydrogen) atoms. The first kappa shape index (κ1) is 17.1. The summed E-state index contributed by atoms with van der Waals surface area (Å²) in [5, 5.41) is 3.02. The van der Waals surface area contributed by atoms with Crippen molar-refractivity contribution in [3.8, 4) is 0 Å². The van der Waals surface area contributed by atoms with Gasteiger partial charge in [0.15, 0.2) is 9.84 Å². The third-order valence-electron chi connectivity index (χ3n) is 2.71. The maximum absolute atomic E-state index is 12.1. The lowest BCUT2D eigenvalue weighted by atomic mass is 10.3. The second-order valence-corrected chi connectivity index (χ2v) is 7.58. The molecular formula is C14H10Cl3NO3S. The summed E-state index contributed by atoms with van der Waals surface area (Å²) in [7, 11) is -3.72. The molecule has 0 aliphatic carbocycles. The van der Waals surface area contributed by atoms with Crippen LogP contribution in [0.15, 0.2) is 47.4 Å². The van der Waals surface area contributed by atoms with Crippen LogP contribution in [-0.4, -0.2) is 20.1 Å². The number of nitrogens with one attached hydrogen (secondary N) is 1. The highest BCUT2D eigenvalue weighted by Crippen LogP contribution is 2.32. The smallest absolute Gasteiger partial charge is 0.240 e. The number of sulfone groups is 1. The molecule has 1 N–H and O–H groups in total. The largest absolute Gasteiger partial charge is 0.324 e. The molecule has 0 aromatic heterocycles. The van der Waals surface area contributed by atoms with Crippen LogP contribution in [0.5, 0.6) is 0 Å².